The predicted octanol–water partition coefficient (Wildman–Crippen LogP) is 9.58. The van der Waals surface area contributed by atoms with Crippen LogP contribution in [0.1, 0.15) is 22.0 Å². The number of aromatic amines is 2. The monoisotopic (exact) mass is 781 g/mol. The number of rotatable bonds is 6. The molecule has 6 aromatic heterocycles. The molecule has 6 aromatic rings. The van der Waals surface area contributed by atoms with Crippen molar-refractivity contribution in [2.45, 2.75) is 26.7 Å². The molecule has 6 rings (SSSR count). The van der Waals surface area contributed by atoms with Crippen molar-refractivity contribution >= 4 is 83.6 Å². The minimum atomic E-state index is 0.491. The second kappa shape index (κ2) is 15.8. The molecule has 224 valence electrons. The van der Waals surface area contributed by atoms with Crippen LogP contribution in [-0.4, -0.2) is 37.5 Å². The largest absolute Gasteiger partial charge is 0.487 e. The highest BCUT2D eigenvalue weighted by Crippen LogP contribution is 2.28. The molecule has 4 N–H and O–H groups in total. The molecule has 0 atom stereocenters. The Kier molecular flexibility index (Phi) is 12.2. The third kappa shape index (κ3) is 10.4. The molecule has 0 bridgehead atoms. The van der Waals surface area contributed by atoms with E-state index >= 15 is 0 Å². The molecule has 0 saturated carbocycles. The van der Waals surface area contributed by atoms with Crippen molar-refractivity contribution in [1.82, 2.24) is 30.4 Å². The van der Waals surface area contributed by atoms with Gasteiger partial charge in [0.25, 0.3) is 0 Å². The highest BCUT2D eigenvalue weighted by molar-refractivity contribution is 9.10. The number of H-pyrrole nitrogens is 2. The molecule has 43 heavy (non-hydrogen) atoms. The Morgan fingerprint density at radius 3 is 1.98 bits per heavy atom. The molecule has 0 aliphatic rings. The van der Waals surface area contributed by atoms with Gasteiger partial charge in [-0.05, 0) is 113 Å². The highest BCUT2D eigenvalue weighted by atomic mass is 79.9. The number of methoxy groups -OCH3 is 1. The van der Waals surface area contributed by atoms with Gasteiger partial charge in [-0.1, -0.05) is 34.5 Å². The number of thiophene rings is 2. The fourth-order valence-electron chi connectivity index (χ4n) is 3.83. The predicted molar refractivity (Wildman–Crippen MR) is 186 cm³/mol. The van der Waals surface area contributed by atoms with Gasteiger partial charge in [0.15, 0.2) is 5.06 Å². The summed E-state index contributed by atoms with van der Waals surface area (Å²) in [6, 6.07) is 19.5. The molecule has 0 radical (unpaired) electrons. The lowest BCUT2D eigenvalue weighted by atomic mass is 10.1. The standard InChI is InChI=1S/C15H13BrClN3S.C9H9BrN4.C5H5ClOS/c1-9-6-10(7-14(16)18-9)13-8-11(19-20-13)2-3-12-4-5-15(17)21-12;1-5-2-6(3-8(10)12-5)7-4-9(11)14-13-7;1-7-5-3-2-4(6)8-5/h4-8H,2-3H2,1H3,(H,19,20);2-4H,1H3,(H3,11,13,14);2-3H,1H3. The van der Waals surface area contributed by atoms with E-state index in [0.717, 1.165) is 75.4 Å². The van der Waals surface area contributed by atoms with E-state index in [1.54, 1.807) is 24.5 Å². The van der Waals surface area contributed by atoms with Crippen LogP contribution in [0.4, 0.5) is 5.82 Å². The Morgan fingerprint density at radius 1 is 0.791 bits per heavy atom. The molecule has 6 heterocycles. The average Bonchev–Trinajstić information content (AvgIpc) is 3.76. The number of aryl methyl sites for hydroxylation is 4. The van der Waals surface area contributed by atoms with Crippen molar-refractivity contribution in [2.24, 2.45) is 0 Å². The number of nitrogens with zero attached hydrogens (tertiary/aromatic N) is 4. The van der Waals surface area contributed by atoms with E-state index < -0.39 is 0 Å². The van der Waals surface area contributed by atoms with E-state index in [1.807, 2.05) is 56.3 Å². The maximum absolute atomic E-state index is 5.94. The van der Waals surface area contributed by atoms with Crippen LogP contribution in [0.5, 0.6) is 5.06 Å². The summed E-state index contributed by atoms with van der Waals surface area (Å²) < 4.78 is 8.11. The highest BCUT2D eigenvalue weighted by Gasteiger charge is 2.08. The van der Waals surface area contributed by atoms with Crippen molar-refractivity contribution in [3.8, 4) is 27.6 Å². The van der Waals surface area contributed by atoms with E-state index in [9.17, 15) is 0 Å². The second-order valence-corrected chi connectivity index (χ2v) is 14.2. The molecule has 0 fully saturated rings. The van der Waals surface area contributed by atoms with Gasteiger partial charge in [0.05, 0.1) is 27.2 Å². The number of hydrogen-bond donors (Lipinski definition) is 3. The van der Waals surface area contributed by atoms with Gasteiger partial charge in [0.2, 0.25) is 0 Å². The van der Waals surface area contributed by atoms with E-state index in [2.05, 4.69) is 74.4 Å². The Bertz CT molecular complexity index is 1740. The SMILES string of the molecule is COc1ccc(Cl)s1.Cc1cc(-c2cc(CCc3ccc(Cl)s3)[nH]n2)cc(Br)n1.Cc1cc(-c2cc(N)n[nH]2)cc(Br)n1. The maximum Gasteiger partial charge on any atom is 0.174 e. The van der Waals surface area contributed by atoms with Crippen molar-refractivity contribution in [1.29, 1.82) is 0 Å². The van der Waals surface area contributed by atoms with Crippen LogP contribution in [0.3, 0.4) is 0 Å². The lowest BCUT2D eigenvalue weighted by molar-refractivity contribution is 0.427. The Morgan fingerprint density at radius 2 is 1.44 bits per heavy atom. The van der Waals surface area contributed by atoms with Gasteiger partial charge in [-0.25, -0.2) is 9.97 Å². The zero-order valence-corrected chi connectivity index (χ0v) is 29.6. The number of ether oxygens (including phenoxy) is 1. The zero-order chi connectivity index (χ0) is 30.9. The van der Waals surface area contributed by atoms with E-state index in [-0.39, 0.29) is 0 Å². The van der Waals surface area contributed by atoms with Crippen LogP contribution in [0.2, 0.25) is 8.67 Å². The van der Waals surface area contributed by atoms with Crippen molar-refractivity contribution in [3.63, 3.8) is 0 Å². The van der Waals surface area contributed by atoms with Gasteiger partial charge in [-0.2, -0.15) is 10.2 Å². The molecule has 0 aliphatic heterocycles. The minimum absolute atomic E-state index is 0.491. The summed E-state index contributed by atoms with van der Waals surface area (Å²) in [7, 11) is 1.63. The van der Waals surface area contributed by atoms with Gasteiger partial charge < -0.3 is 10.5 Å². The fourth-order valence-corrected chi connectivity index (χ4v) is 6.81. The van der Waals surface area contributed by atoms with Crippen molar-refractivity contribution in [2.75, 3.05) is 12.8 Å². The molecule has 0 spiro atoms. The third-order valence-electron chi connectivity index (χ3n) is 5.70. The van der Waals surface area contributed by atoms with Crippen molar-refractivity contribution < 1.29 is 4.74 Å². The first-order valence-corrected chi connectivity index (χ1v) is 16.7. The number of pyridine rings is 2. The average molecular weight is 784 g/mol. The minimum Gasteiger partial charge on any atom is -0.487 e. The van der Waals surface area contributed by atoms with Crippen molar-refractivity contribution in [3.05, 3.63) is 101 Å². The molecule has 0 amide bonds. The number of aromatic nitrogens is 6. The van der Waals surface area contributed by atoms with Crippen LogP contribution in [0.15, 0.2) is 69.9 Å². The van der Waals surface area contributed by atoms with Gasteiger partial charge in [0.1, 0.15) is 15.0 Å². The lowest BCUT2D eigenvalue weighted by Crippen LogP contribution is -1.88. The van der Waals surface area contributed by atoms with Crippen LogP contribution < -0.4 is 10.5 Å². The summed E-state index contributed by atoms with van der Waals surface area (Å²) in [6.07, 6.45) is 1.90. The normalized spacial score (nSPS) is 10.5. The molecule has 14 heteroatoms. The van der Waals surface area contributed by atoms with E-state index in [1.165, 1.54) is 16.2 Å². The first kappa shape index (κ1) is 33.2. The zero-order valence-electron chi connectivity index (χ0n) is 23.3. The first-order chi connectivity index (χ1) is 20.6. The molecular weight excluding hydrogens is 757 g/mol. The number of nitrogens with one attached hydrogen (secondary N) is 2. The number of nitrogens with two attached hydrogens (primary N) is 1. The third-order valence-corrected chi connectivity index (χ3v) is 8.99. The molecular formula is C29H27Br2Cl2N7OS2. The van der Waals surface area contributed by atoms with Crippen LogP contribution in [0.25, 0.3) is 22.5 Å². The van der Waals surface area contributed by atoms with E-state index in [4.69, 9.17) is 33.7 Å². The summed E-state index contributed by atoms with van der Waals surface area (Å²) in [5.74, 6) is 0.491. The van der Waals surface area contributed by atoms with Crippen LogP contribution in [-0.2, 0) is 12.8 Å². The number of nitrogen functional groups attached to an aromatic ring is 1. The smallest absolute Gasteiger partial charge is 0.174 e. The maximum atomic E-state index is 5.94. The molecule has 0 aromatic carbocycles. The second-order valence-electron chi connectivity index (χ2n) is 9.09. The van der Waals surface area contributed by atoms with Gasteiger partial charge in [-0.3, -0.25) is 10.2 Å². The molecule has 0 aliphatic carbocycles. The molecule has 0 unspecified atom stereocenters. The summed E-state index contributed by atoms with van der Waals surface area (Å²) >= 11 is 21.3. The van der Waals surface area contributed by atoms with Gasteiger partial charge >= 0.3 is 0 Å². The number of halogens is 4. The fraction of sp³-hybridized carbons (Fsp3) is 0.172. The topological polar surface area (TPSA) is 118 Å². The van der Waals surface area contributed by atoms with Gasteiger partial charge in [0, 0.05) is 39.2 Å². The van der Waals surface area contributed by atoms with E-state index in [0.29, 0.717) is 5.82 Å². The Balaban J connectivity index is 0.000000165. The summed E-state index contributed by atoms with van der Waals surface area (Å²) in [6.45, 7) is 3.91. The van der Waals surface area contributed by atoms with Crippen LogP contribution in [0, 0.1) is 13.8 Å². The summed E-state index contributed by atoms with van der Waals surface area (Å²) in [5.41, 5.74) is 12.5. The van der Waals surface area contributed by atoms with Crippen LogP contribution >= 0.6 is 77.7 Å². The quantitative estimate of drug-likeness (QED) is 0.145. The first-order valence-electron chi connectivity index (χ1n) is 12.8. The molecule has 8 nitrogen and oxygen atoms in total. The molecule has 0 saturated heterocycles. The Labute approximate surface area is 284 Å². The Hall–Kier alpha value is -2.74. The van der Waals surface area contributed by atoms with Gasteiger partial charge in [-0.15, -0.1) is 11.3 Å². The number of anilines is 1. The lowest BCUT2D eigenvalue weighted by Gasteiger charge is -1.99. The summed E-state index contributed by atoms with van der Waals surface area (Å²) in [4.78, 5) is 9.82. The number of hydrogen-bond acceptors (Lipinski definition) is 8. The summed E-state index contributed by atoms with van der Waals surface area (Å²) in [5, 5.41) is 15.1.